The number of rotatable bonds is 8. The third-order valence-corrected chi connectivity index (χ3v) is 6.76. The molecule has 0 aliphatic carbocycles. The minimum atomic E-state index is -0.814. The van der Waals surface area contributed by atoms with Crippen molar-refractivity contribution in [3.8, 4) is 22.3 Å². The highest BCUT2D eigenvalue weighted by Crippen LogP contribution is 2.33. The van der Waals surface area contributed by atoms with Gasteiger partial charge in [-0.15, -0.1) is 6.58 Å². The molecule has 0 N–H and O–H groups in total. The Balaban J connectivity index is 1.50. The molecule has 2 atom stereocenters. The largest absolute Gasteiger partial charge is 0.374 e. The fourth-order valence-electron chi connectivity index (χ4n) is 4.65. The lowest BCUT2D eigenvalue weighted by atomic mass is 9.89. The molecule has 3 aromatic carbocycles. The molecular weight excluding hydrogens is 433 g/mol. The Hall–Kier alpha value is -2.85. The fourth-order valence-corrected chi connectivity index (χ4v) is 4.65. The van der Waals surface area contributed by atoms with Crippen LogP contribution >= 0.6 is 0 Å². The summed E-state index contributed by atoms with van der Waals surface area (Å²) in [4.78, 5) is 0. The second-order valence-electron chi connectivity index (χ2n) is 9.05. The Morgan fingerprint density at radius 3 is 2.26 bits per heavy atom. The molecule has 0 spiro atoms. The molecule has 34 heavy (non-hydrogen) atoms. The number of unbranched alkanes of at least 4 members (excludes halogenated alkanes) is 2. The second kappa shape index (κ2) is 11.1. The van der Waals surface area contributed by atoms with Gasteiger partial charge in [-0.05, 0) is 59.6 Å². The van der Waals surface area contributed by atoms with Crippen LogP contribution in [-0.2, 0) is 11.2 Å². The van der Waals surface area contributed by atoms with E-state index in [0.29, 0.717) is 29.7 Å². The van der Waals surface area contributed by atoms with Gasteiger partial charge in [-0.2, -0.15) is 0 Å². The Morgan fingerprint density at radius 1 is 0.882 bits per heavy atom. The average Bonchev–Trinajstić information content (AvgIpc) is 2.87. The zero-order chi connectivity index (χ0) is 24.1. The molecule has 1 aliphatic heterocycles. The lowest BCUT2D eigenvalue weighted by molar-refractivity contribution is 0.0321. The first-order valence-corrected chi connectivity index (χ1v) is 12.1. The van der Waals surface area contributed by atoms with E-state index in [1.54, 1.807) is 30.3 Å². The predicted molar refractivity (Wildman–Crippen MR) is 132 cm³/mol. The summed E-state index contributed by atoms with van der Waals surface area (Å²) in [6.45, 7) is 6.33. The molecule has 1 nitrogen and oxygen atoms in total. The number of ether oxygens (including phenoxy) is 1. The summed E-state index contributed by atoms with van der Waals surface area (Å²) in [7, 11) is 0. The SMILES string of the molecule is C=CC1CCC(c2ccc(-c3ccc(-c4ccc(CCCCC)c(F)c4F)cc3)cc2F)CO1. The smallest absolute Gasteiger partial charge is 0.166 e. The van der Waals surface area contributed by atoms with Gasteiger partial charge in [0.1, 0.15) is 5.82 Å². The van der Waals surface area contributed by atoms with Crippen molar-refractivity contribution < 1.29 is 17.9 Å². The number of hydrogen-bond donors (Lipinski definition) is 0. The molecule has 0 amide bonds. The van der Waals surface area contributed by atoms with E-state index >= 15 is 0 Å². The molecule has 4 rings (SSSR count). The third kappa shape index (κ3) is 5.28. The van der Waals surface area contributed by atoms with Gasteiger partial charge in [0, 0.05) is 11.5 Å². The Kier molecular flexibility index (Phi) is 7.89. The lowest BCUT2D eigenvalue weighted by Gasteiger charge is -2.27. The maximum atomic E-state index is 14.9. The standard InChI is InChI=1S/C30H31F3O/c1-3-5-6-7-22-13-17-27(30(33)29(22)32)21-10-8-20(9-11-21)23-14-16-26(28(31)18-23)24-12-15-25(4-2)34-19-24/h4,8-11,13-14,16-18,24-25H,2-3,5-7,12,15,19H2,1H3. The summed E-state index contributed by atoms with van der Waals surface area (Å²) in [5.41, 5.74) is 3.47. The van der Waals surface area contributed by atoms with Crippen molar-refractivity contribution in [1.82, 2.24) is 0 Å². The van der Waals surface area contributed by atoms with Crippen LogP contribution in [0.15, 0.2) is 67.3 Å². The molecule has 1 aliphatic rings. The molecule has 0 saturated carbocycles. The normalized spacial score (nSPS) is 18.1. The maximum Gasteiger partial charge on any atom is 0.166 e. The minimum absolute atomic E-state index is 0.0374. The van der Waals surface area contributed by atoms with Crippen molar-refractivity contribution >= 4 is 0 Å². The van der Waals surface area contributed by atoms with E-state index in [4.69, 9.17) is 4.74 Å². The van der Waals surface area contributed by atoms with Crippen LogP contribution in [-0.4, -0.2) is 12.7 Å². The van der Waals surface area contributed by atoms with Crippen LogP contribution in [0.5, 0.6) is 0 Å². The quantitative estimate of drug-likeness (QED) is 0.239. The van der Waals surface area contributed by atoms with E-state index in [0.717, 1.165) is 43.2 Å². The van der Waals surface area contributed by atoms with Crippen molar-refractivity contribution in [2.45, 2.75) is 57.5 Å². The van der Waals surface area contributed by atoms with Crippen molar-refractivity contribution in [3.05, 3.63) is 95.8 Å². The highest BCUT2D eigenvalue weighted by Gasteiger charge is 2.23. The molecule has 0 bridgehead atoms. The molecule has 2 unspecified atom stereocenters. The molecule has 1 saturated heterocycles. The summed E-state index contributed by atoms with van der Waals surface area (Å²) in [5.74, 6) is -1.79. The van der Waals surface area contributed by atoms with E-state index in [2.05, 4.69) is 13.5 Å². The molecule has 1 heterocycles. The van der Waals surface area contributed by atoms with Gasteiger partial charge in [0.25, 0.3) is 0 Å². The molecular formula is C30H31F3O. The van der Waals surface area contributed by atoms with Gasteiger partial charge < -0.3 is 4.74 Å². The van der Waals surface area contributed by atoms with Gasteiger partial charge in [-0.25, -0.2) is 13.2 Å². The summed E-state index contributed by atoms with van der Waals surface area (Å²) in [6.07, 6.45) is 6.96. The van der Waals surface area contributed by atoms with Crippen molar-refractivity contribution in [3.63, 3.8) is 0 Å². The molecule has 4 heteroatoms. The zero-order valence-electron chi connectivity index (χ0n) is 19.6. The predicted octanol–water partition coefficient (Wildman–Crippen LogP) is 8.62. The molecule has 0 radical (unpaired) electrons. The van der Waals surface area contributed by atoms with Crippen LogP contribution < -0.4 is 0 Å². The molecule has 178 valence electrons. The summed E-state index contributed by atoms with van der Waals surface area (Å²) < 4.78 is 50.0. The van der Waals surface area contributed by atoms with Crippen molar-refractivity contribution in [2.24, 2.45) is 0 Å². The van der Waals surface area contributed by atoms with Crippen LogP contribution in [0.2, 0.25) is 0 Å². The second-order valence-corrected chi connectivity index (χ2v) is 9.05. The fraction of sp³-hybridized carbons (Fsp3) is 0.333. The third-order valence-electron chi connectivity index (χ3n) is 6.76. The van der Waals surface area contributed by atoms with Crippen LogP contribution in [0.1, 0.15) is 56.1 Å². The zero-order valence-corrected chi connectivity index (χ0v) is 19.6. The topological polar surface area (TPSA) is 9.23 Å². The monoisotopic (exact) mass is 464 g/mol. The molecule has 1 fully saturated rings. The number of hydrogen-bond acceptors (Lipinski definition) is 1. The van der Waals surface area contributed by atoms with E-state index in [1.807, 2.05) is 24.3 Å². The van der Waals surface area contributed by atoms with Crippen LogP contribution in [0.3, 0.4) is 0 Å². The first kappa shape index (κ1) is 24.3. The van der Waals surface area contributed by atoms with Gasteiger partial charge >= 0.3 is 0 Å². The first-order chi connectivity index (χ1) is 16.5. The van der Waals surface area contributed by atoms with E-state index in [1.165, 1.54) is 6.07 Å². The van der Waals surface area contributed by atoms with Crippen LogP contribution in [0.25, 0.3) is 22.3 Å². The molecule has 0 aromatic heterocycles. The van der Waals surface area contributed by atoms with Gasteiger partial charge in [0.2, 0.25) is 0 Å². The summed E-state index contributed by atoms with van der Waals surface area (Å²) in [6, 6.07) is 15.7. The summed E-state index contributed by atoms with van der Waals surface area (Å²) in [5, 5.41) is 0. The number of aryl methyl sites for hydroxylation is 1. The first-order valence-electron chi connectivity index (χ1n) is 12.1. The Labute approximate surface area is 200 Å². The van der Waals surface area contributed by atoms with Gasteiger partial charge in [-0.3, -0.25) is 0 Å². The molecule has 3 aromatic rings. The van der Waals surface area contributed by atoms with Gasteiger partial charge in [0.15, 0.2) is 11.6 Å². The highest BCUT2D eigenvalue weighted by atomic mass is 19.2. The van der Waals surface area contributed by atoms with Gasteiger partial charge in [0.05, 0.1) is 12.7 Å². The Bertz CT molecular complexity index is 1130. The maximum absolute atomic E-state index is 14.9. The van der Waals surface area contributed by atoms with Crippen molar-refractivity contribution in [1.29, 1.82) is 0 Å². The van der Waals surface area contributed by atoms with Crippen molar-refractivity contribution in [2.75, 3.05) is 6.61 Å². The number of benzene rings is 3. The van der Waals surface area contributed by atoms with Gasteiger partial charge in [-0.1, -0.05) is 74.4 Å². The number of halogens is 3. The summed E-state index contributed by atoms with van der Waals surface area (Å²) >= 11 is 0. The van der Waals surface area contributed by atoms with E-state index < -0.39 is 11.6 Å². The van der Waals surface area contributed by atoms with Crippen LogP contribution in [0.4, 0.5) is 13.2 Å². The lowest BCUT2D eigenvalue weighted by Crippen LogP contribution is -2.23. The van der Waals surface area contributed by atoms with E-state index in [-0.39, 0.29) is 23.4 Å². The minimum Gasteiger partial charge on any atom is -0.374 e. The van der Waals surface area contributed by atoms with Crippen LogP contribution in [0, 0.1) is 17.5 Å². The average molecular weight is 465 g/mol. The Morgan fingerprint density at radius 2 is 1.62 bits per heavy atom. The highest BCUT2D eigenvalue weighted by molar-refractivity contribution is 5.71. The van der Waals surface area contributed by atoms with E-state index in [9.17, 15) is 13.2 Å².